The van der Waals surface area contributed by atoms with E-state index in [1.54, 1.807) is 6.07 Å². The van der Waals surface area contributed by atoms with E-state index in [9.17, 15) is 18.8 Å². The average Bonchev–Trinajstić information content (AvgIpc) is 2.37. The van der Waals surface area contributed by atoms with Crippen molar-refractivity contribution in [3.8, 4) is 0 Å². The third-order valence-electron chi connectivity index (χ3n) is 2.57. The van der Waals surface area contributed by atoms with Gasteiger partial charge in [-0.15, -0.1) is 0 Å². The fourth-order valence-electron chi connectivity index (χ4n) is 1.60. The summed E-state index contributed by atoms with van der Waals surface area (Å²) in [6, 6.07) is 3.55. The standard InChI is InChI=1S/C13H15FN2O5/c14-9-3-1-2-8(6-9)4-5-15-13(21)16-10(12(19)20)7-11(17)18/h1-3,6,10H,4-5,7H2,(H,17,18)(H,19,20)(H2,15,16,21)/t10-/m1/s1. The zero-order chi connectivity index (χ0) is 15.8. The molecule has 21 heavy (non-hydrogen) atoms. The predicted octanol–water partition coefficient (Wildman–Crippen LogP) is 0.595. The Labute approximate surface area is 119 Å². The molecule has 0 aliphatic carbocycles. The van der Waals surface area contributed by atoms with Gasteiger partial charge in [0.05, 0.1) is 6.42 Å². The minimum Gasteiger partial charge on any atom is -0.481 e. The molecule has 7 nitrogen and oxygen atoms in total. The number of nitrogens with one attached hydrogen (secondary N) is 2. The molecule has 0 saturated carbocycles. The molecular weight excluding hydrogens is 283 g/mol. The first-order chi connectivity index (χ1) is 9.88. The van der Waals surface area contributed by atoms with Gasteiger partial charge in [-0.3, -0.25) is 4.79 Å². The lowest BCUT2D eigenvalue weighted by atomic mass is 10.1. The number of rotatable bonds is 7. The maximum absolute atomic E-state index is 12.9. The van der Waals surface area contributed by atoms with Gasteiger partial charge in [0.1, 0.15) is 11.9 Å². The number of halogens is 1. The zero-order valence-electron chi connectivity index (χ0n) is 11.0. The van der Waals surface area contributed by atoms with Crippen LogP contribution in [0.2, 0.25) is 0 Å². The van der Waals surface area contributed by atoms with Crippen molar-refractivity contribution in [2.45, 2.75) is 18.9 Å². The first-order valence-corrected chi connectivity index (χ1v) is 6.12. The molecule has 0 radical (unpaired) electrons. The van der Waals surface area contributed by atoms with E-state index in [1.807, 2.05) is 5.32 Å². The van der Waals surface area contributed by atoms with Crippen molar-refractivity contribution >= 4 is 18.0 Å². The minimum atomic E-state index is -1.50. The summed E-state index contributed by atoms with van der Waals surface area (Å²) in [5, 5.41) is 21.7. The van der Waals surface area contributed by atoms with Crippen LogP contribution >= 0.6 is 0 Å². The van der Waals surface area contributed by atoms with Crippen molar-refractivity contribution in [3.63, 3.8) is 0 Å². The molecule has 0 aliphatic heterocycles. The van der Waals surface area contributed by atoms with Gasteiger partial charge in [-0.2, -0.15) is 0 Å². The van der Waals surface area contributed by atoms with E-state index in [0.717, 1.165) is 0 Å². The molecule has 8 heteroatoms. The number of carbonyl (C=O) groups is 3. The fraction of sp³-hybridized carbons (Fsp3) is 0.308. The Balaban J connectivity index is 2.39. The van der Waals surface area contributed by atoms with Crippen LogP contribution < -0.4 is 10.6 Å². The lowest BCUT2D eigenvalue weighted by Gasteiger charge is -2.13. The summed E-state index contributed by atoms with van der Waals surface area (Å²) in [6.07, 6.45) is -0.353. The summed E-state index contributed by atoms with van der Waals surface area (Å²) < 4.78 is 12.9. The maximum atomic E-state index is 12.9. The molecule has 0 fully saturated rings. The molecule has 0 aliphatic rings. The van der Waals surface area contributed by atoms with E-state index < -0.39 is 30.4 Å². The van der Waals surface area contributed by atoms with E-state index in [1.165, 1.54) is 18.2 Å². The molecule has 0 heterocycles. The first-order valence-electron chi connectivity index (χ1n) is 6.12. The monoisotopic (exact) mass is 298 g/mol. The lowest BCUT2D eigenvalue weighted by Crippen LogP contribution is -2.47. The Morgan fingerprint density at radius 2 is 1.95 bits per heavy atom. The Bertz CT molecular complexity index is 535. The second kappa shape index (κ2) is 7.83. The second-order valence-electron chi connectivity index (χ2n) is 4.27. The van der Waals surface area contributed by atoms with Crippen LogP contribution in [-0.2, 0) is 16.0 Å². The normalized spacial score (nSPS) is 11.5. The highest BCUT2D eigenvalue weighted by atomic mass is 19.1. The number of urea groups is 1. The smallest absolute Gasteiger partial charge is 0.326 e. The van der Waals surface area contributed by atoms with Gasteiger partial charge in [-0.1, -0.05) is 12.1 Å². The van der Waals surface area contributed by atoms with Crippen LogP contribution in [0.1, 0.15) is 12.0 Å². The number of carbonyl (C=O) groups excluding carboxylic acids is 1. The molecule has 0 saturated heterocycles. The maximum Gasteiger partial charge on any atom is 0.326 e. The Morgan fingerprint density at radius 3 is 2.52 bits per heavy atom. The van der Waals surface area contributed by atoms with E-state index in [4.69, 9.17) is 10.2 Å². The topological polar surface area (TPSA) is 116 Å². The van der Waals surface area contributed by atoms with E-state index in [0.29, 0.717) is 12.0 Å². The van der Waals surface area contributed by atoms with Crippen LogP contribution in [-0.4, -0.2) is 40.8 Å². The SMILES string of the molecule is O=C(O)C[C@@H](NC(=O)NCCc1cccc(F)c1)C(=O)O. The van der Waals surface area contributed by atoms with Gasteiger partial charge in [-0.05, 0) is 24.1 Å². The predicted molar refractivity (Wildman–Crippen MR) is 70.3 cm³/mol. The summed E-state index contributed by atoms with van der Waals surface area (Å²) in [4.78, 5) is 32.7. The molecule has 4 N–H and O–H groups in total. The van der Waals surface area contributed by atoms with E-state index >= 15 is 0 Å². The minimum absolute atomic E-state index is 0.161. The quantitative estimate of drug-likeness (QED) is 0.588. The van der Waals surface area contributed by atoms with Gasteiger partial charge in [0, 0.05) is 6.54 Å². The van der Waals surface area contributed by atoms with Crippen molar-refractivity contribution in [2.24, 2.45) is 0 Å². The fourth-order valence-corrected chi connectivity index (χ4v) is 1.60. The average molecular weight is 298 g/mol. The molecule has 0 spiro atoms. The Morgan fingerprint density at radius 1 is 1.24 bits per heavy atom. The number of carboxylic acid groups (broad SMARTS) is 2. The first kappa shape index (κ1) is 16.4. The number of carboxylic acids is 2. The Hall–Kier alpha value is -2.64. The third kappa shape index (κ3) is 6.37. The van der Waals surface area contributed by atoms with Gasteiger partial charge in [0.25, 0.3) is 0 Å². The van der Waals surface area contributed by atoms with Crippen LogP contribution in [0.5, 0.6) is 0 Å². The van der Waals surface area contributed by atoms with Crippen LogP contribution in [0.3, 0.4) is 0 Å². The molecular formula is C13H15FN2O5. The summed E-state index contributed by atoms with van der Waals surface area (Å²) in [6.45, 7) is 0.161. The van der Waals surface area contributed by atoms with E-state index in [2.05, 4.69) is 5.32 Å². The summed E-state index contributed by atoms with van der Waals surface area (Å²) in [5.74, 6) is -3.15. The van der Waals surface area contributed by atoms with Crippen molar-refractivity contribution in [3.05, 3.63) is 35.6 Å². The molecule has 1 atom stereocenters. The van der Waals surface area contributed by atoms with Crippen LogP contribution in [0, 0.1) is 5.82 Å². The molecule has 0 aromatic heterocycles. The molecule has 1 aromatic rings. The summed E-state index contributed by atoms with van der Waals surface area (Å²) in [7, 11) is 0. The lowest BCUT2D eigenvalue weighted by molar-refractivity contribution is -0.145. The van der Waals surface area contributed by atoms with Crippen molar-refractivity contribution in [1.82, 2.24) is 10.6 Å². The van der Waals surface area contributed by atoms with Gasteiger partial charge in [-0.25, -0.2) is 14.0 Å². The van der Waals surface area contributed by atoms with Crippen LogP contribution in [0.15, 0.2) is 24.3 Å². The highest BCUT2D eigenvalue weighted by Crippen LogP contribution is 2.03. The number of benzene rings is 1. The third-order valence-corrected chi connectivity index (χ3v) is 2.57. The molecule has 2 amide bonds. The summed E-state index contributed by atoms with van der Waals surface area (Å²) in [5.41, 5.74) is 0.677. The van der Waals surface area contributed by atoms with Gasteiger partial charge >= 0.3 is 18.0 Å². The van der Waals surface area contributed by atoms with E-state index in [-0.39, 0.29) is 12.4 Å². The molecule has 0 unspecified atom stereocenters. The Kier molecular flexibility index (Phi) is 6.12. The number of hydrogen-bond donors (Lipinski definition) is 4. The molecule has 0 bridgehead atoms. The zero-order valence-corrected chi connectivity index (χ0v) is 11.0. The van der Waals surface area contributed by atoms with Crippen LogP contribution in [0.25, 0.3) is 0 Å². The molecule has 1 rings (SSSR count). The second-order valence-corrected chi connectivity index (χ2v) is 4.27. The van der Waals surface area contributed by atoms with Crippen molar-refractivity contribution < 1.29 is 29.0 Å². The van der Waals surface area contributed by atoms with Crippen molar-refractivity contribution in [1.29, 1.82) is 0 Å². The molecule has 114 valence electrons. The molecule has 1 aromatic carbocycles. The number of hydrogen-bond acceptors (Lipinski definition) is 3. The summed E-state index contributed by atoms with van der Waals surface area (Å²) >= 11 is 0. The number of aliphatic carboxylic acids is 2. The van der Waals surface area contributed by atoms with Gasteiger partial charge in [0.15, 0.2) is 0 Å². The van der Waals surface area contributed by atoms with Gasteiger partial charge < -0.3 is 20.8 Å². The highest BCUT2D eigenvalue weighted by Gasteiger charge is 2.22. The van der Waals surface area contributed by atoms with Crippen molar-refractivity contribution in [2.75, 3.05) is 6.54 Å². The number of amides is 2. The largest absolute Gasteiger partial charge is 0.481 e. The van der Waals surface area contributed by atoms with Gasteiger partial charge in [0.2, 0.25) is 0 Å². The van der Waals surface area contributed by atoms with Crippen LogP contribution in [0.4, 0.5) is 9.18 Å². The highest BCUT2D eigenvalue weighted by molar-refractivity contribution is 5.86.